The Bertz CT molecular complexity index is 555. The minimum Gasteiger partial charge on any atom is -0.381 e. The molecule has 0 radical (unpaired) electrons. The minimum absolute atomic E-state index is 0.184. The Morgan fingerprint density at radius 3 is 2.42 bits per heavy atom. The van der Waals surface area contributed by atoms with Crippen LogP contribution in [0, 0.1) is 5.82 Å². The summed E-state index contributed by atoms with van der Waals surface area (Å²) in [5.41, 5.74) is 1.92. The molecular formula is C15H14Cl2FN. The molecule has 1 nitrogen and oxygen atoms in total. The first-order valence-electron chi connectivity index (χ1n) is 6.00. The summed E-state index contributed by atoms with van der Waals surface area (Å²) in [5.74, 6) is -0.332. The lowest BCUT2D eigenvalue weighted by atomic mass is 10.1. The third kappa shape index (κ3) is 4.12. The van der Waals surface area contributed by atoms with Gasteiger partial charge in [-0.15, -0.1) is 0 Å². The summed E-state index contributed by atoms with van der Waals surface area (Å²) in [6, 6.07) is 12.3. The van der Waals surface area contributed by atoms with Gasteiger partial charge in [-0.05, 0) is 49.2 Å². The van der Waals surface area contributed by atoms with Gasteiger partial charge in [0.25, 0.3) is 0 Å². The van der Waals surface area contributed by atoms with Crippen molar-refractivity contribution in [3.63, 3.8) is 0 Å². The first-order valence-corrected chi connectivity index (χ1v) is 6.76. The van der Waals surface area contributed by atoms with Crippen LogP contribution in [0.4, 0.5) is 10.1 Å². The van der Waals surface area contributed by atoms with Gasteiger partial charge in [0, 0.05) is 11.1 Å². The summed E-state index contributed by atoms with van der Waals surface area (Å²) in [6.07, 6.45) is 0.838. The fourth-order valence-electron chi connectivity index (χ4n) is 1.90. The van der Waals surface area contributed by atoms with Gasteiger partial charge < -0.3 is 5.32 Å². The largest absolute Gasteiger partial charge is 0.381 e. The second-order valence-electron chi connectivity index (χ2n) is 4.50. The number of halogens is 3. The van der Waals surface area contributed by atoms with E-state index in [0.717, 1.165) is 17.1 Å². The van der Waals surface area contributed by atoms with Crippen LogP contribution in [0.2, 0.25) is 10.0 Å². The van der Waals surface area contributed by atoms with Crippen molar-refractivity contribution in [1.82, 2.24) is 0 Å². The fourth-order valence-corrected chi connectivity index (χ4v) is 2.24. The SMILES string of the molecule is CC(Cc1ccc(Cl)cc1)Nc1ccc(F)cc1Cl. The molecule has 0 heterocycles. The Morgan fingerprint density at radius 2 is 1.79 bits per heavy atom. The van der Waals surface area contributed by atoms with Gasteiger partial charge in [0.15, 0.2) is 0 Å². The number of hydrogen-bond acceptors (Lipinski definition) is 1. The van der Waals surface area contributed by atoms with Crippen molar-refractivity contribution in [2.24, 2.45) is 0 Å². The molecule has 0 aliphatic carbocycles. The molecule has 0 aliphatic heterocycles. The van der Waals surface area contributed by atoms with E-state index < -0.39 is 0 Å². The standard InChI is InChI=1S/C15H14Cl2FN/c1-10(8-11-2-4-12(16)5-3-11)19-15-7-6-13(18)9-14(15)17/h2-7,9-10,19H,8H2,1H3. The molecule has 0 amide bonds. The van der Waals surface area contributed by atoms with Crippen molar-refractivity contribution in [1.29, 1.82) is 0 Å². The average molecular weight is 298 g/mol. The molecular weight excluding hydrogens is 284 g/mol. The molecule has 0 saturated carbocycles. The van der Waals surface area contributed by atoms with Crippen LogP contribution in [0.5, 0.6) is 0 Å². The Balaban J connectivity index is 2.01. The zero-order valence-corrected chi connectivity index (χ0v) is 12.0. The number of nitrogens with one attached hydrogen (secondary N) is 1. The van der Waals surface area contributed by atoms with Crippen molar-refractivity contribution in [2.75, 3.05) is 5.32 Å². The molecule has 100 valence electrons. The molecule has 0 spiro atoms. The van der Waals surface area contributed by atoms with Gasteiger partial charge in [0.05, 0.1) is 10.7 Å². The average Bonchev–Trinajstić information content (AvgIpc) is 2.36. The number of benzene rings is 2. The van der Waals surface area contributed by atoms with Crippen molar-refractivity contribution in [2.45, 2.75) is 19.4 Å². The van der Waals surface area contributed by atoms with Gasteiger partial charge in [-0.3, -0.25) is 0 Å². The summed E-state index contributed by atoms with van der Waals surface area (Å²) >= 11 is 11.8. The van der Waals surface area contributed by atoms with Crippen molar-refractivity contribution in [3.8, 4) is 0 Å². The Morgan fingerprint density at radius 1 is 1.11 bits per heavy atom. The number of anilines is 1. The van der Waals surface area contributed by atoms with E-state index in [2.05, 4.69) is 5.32 Å². The summed E-state index contributed by atoms with van der Waals surface area (Å²) in [4.78, 5) is 0. The summed E-state index contributed by atoms with van der Waals surface area (Å²) in [7, 11) is 0. The maximum Gasteiger partial charge on any atom is 0.124 e. The Hall–Kier alpha value is -1.25. The van der Waals surface area contributed by atoms with Gasteiger partial charge in [0.1, 0.15) is 5.82 Å². The van der Waals surface area contributed by atoms with Gasteiger partial charge in [-0.2, -0.15) is 0 Å². The monoisotopic (exact) mass is 297 g/mol. The molecule has 4 heteroatoms. The maximum absolute atomic E-state index is 12.9. The third-order valence-corrected chi connectivity index (χ3v) is 3.35. The molecule has 1 unspecified atom stereocenters. The molecule has 19 heavy (non-hydrogen) atoms. The minimum atomic E-state index is -0.332. The highest BCUT2D eigenvalue weighted by Crippen LogP contribution is 2.23. The van der Waals surface area contributed by atoms with Crippen molar-refractivity contribution >= 4 is 28.9 Å². The molecule has 1 N–H and O–H groups in total. The van der Waals surface area contributed by atoms with E-state index in [9.17, 15) is 4.39 Å². The topological polar surface area (TPSA) is 12.0 Å². The van der Waals surface area contributed by atoms with E-state index in [1.54, 1.807) is 6.07 Å². The van der Waals surface area contributed by atoms with Gasteiger partial charge in [-0.1, -0.05) is 35.3 Å². The second-order valence-corrected chi connectivity index (χ2v) is 5.34. The summed E-state index contributed by atoms with van der Waals surface area (Å²) in [6.45, 7) is 2.05. The lowest BCUT2D eigenvalue weighted by molar-refractivity contribution is 0.628. The van der Waals surface area contributed by atoms with Crippen molar-refractivity contribution < 1.29 is 4.39 Å². The van der Waals surface area contributed by atoms with Gasteiger partial charge >= 0.3 is 0 Å². The Labute approximate surface area is 122 Å². The van der Waals surface area contributed by atoms with E-state index in [-0.39, 0.29) is 11.9 Å². The van der Waals surface area contributed by atoms with Crippen LogP contribution in [-0.2, 0) is 6.42 Å². The van der Waals surface area contributed by atoms with Crippen LogP contribution in [0.25, 0.3) is 0 Å². The van der Waals surface area contributed by atoms with Crippen LogP contribution < -0.4 is 5.32 Å². The number of rotatable bonds is 4. The smallest absolute Gasteiger partial charge is 0.124 e. The molecule has 2 rings (SSSR count). The molecule has 0 aliphatic rings. The fraction of sp³-hybridized carbons (Fsp3) is 0.200. The highest BCUT2D eigenvalue weighted by molar-refractivity contribution is 6.33. The molecule has 2 aromatic rings. The molecule has 0 saturated heterocycles. The predicted octanol–water partition coefficient (Wildman–Crippen LogP) is 5.18. The molecule has 0 fully saturated rings. The van der Waals surface area contributed by atoms with E-state index in [1.807, 2.05) is 31.2 Å². The Kier molecular flexibility index (Phi) is 4.67. The zero-order chi connectivity index (χ0) is 13.8. The van der Waals surface area contributed by atoms with E-state index in [1.165, 1.54) is 17.7 Å². The molecule has 1 atom stereocenters. The van der Waals surface area contributed by atoms with Crippen LogP contribution in [0.3, 0.4) is 0 Å². The van der Waals surface area contributed by atoms with E-state index >= 15 is 0 Å². The zero-order valence-electron chi connectivity index (χ0n) is 10.5. The number of hydrogen-bond donors (Lipinski definition) is 1. The first-order chi connectivity index (χ1) is 9.04. The first kappa shape index (κ1) is 14.2. The summed E-state index contributed by atoms with van der Waals surface area (Å²) in [5, 5.41) is 4.39. The molecule has 0 bridgehead atoms. The molecule has 0 aromatic heterocycles. The van der Waals surface area contributed by atoms with E-state index in [4.69, 9.17) is 23.2 Å². The molecule has 2 aromatic carbocycles. The predicted molar refractivity (Wildman–Crippen MR) is 79.7 cm³/mol. The summed E-state index contributed by atoms with van der Waals surface area (Å²) < 4.78 is 12.9. The third-order valence-electron chi connectivity index (χ3n) is 2.79. The second kappa shape index (κ2) is 6.27. The van der Waals surface area contributed by atoms with Gasteiger partial charge in [0.2, 0.25) is 0 Å². The normalized spacial score (nSPS) is 12.2. The lowest BCUT2D eigenvalue weighted by Gasteiger charge is -2.16. The van der Waals surface area contributed by atoms with Crippen LogP contribution in [0.15, 0.2) is 42.5 Å². The van der Waals surface area contributed by atoms with Gasteiger partial charge in [-0.25, -0.2) is 4.39 Å². The highest BCUT2D eigenvalue weighted by Gasteiger charge is 2.07. The van der Waals surface area contributed by atoms with Crippen LogP contribution in [-0.4, -0.2) is 6.04 Å². The quantitative estimate of drug-likeness (QED) is 0.820. The van der Waals surface area contributed by atoms with E-state index in [0.29, 0.717) is 5.02 Å². The van der Waals surface area contributed by atoms with Crippen LogP contribution >= 0.6 is 23.2 Å². The van der Waals surface area contributed by atoms with Crippen LogP contribution in [0.1, 0.15) is 12.5 Å². The van der Waals surface area contributed by atoms with Crippen molar-refractivity contribution in [3.05, 3.63) is 63.9 Å². The maximum atomic E-state index is 12.9. The highest BCUT2D eigenvalue weighted by atomic mass is 35.5. The lowest BCUT2D eigenvalue weighted by Crippen LogP contribution is -2.18.